The molecule has 2 rings (SSSR count). The molecule has 0 radical (unpaired) electrons. The van der Waals surface area contributed by atoms with Gasteiger partial charge in [-0.25, -0.2) is 0 Å². The molecule has 1 amide bonds. The summed E-state index contributed by atoms with van der Waals surface area (Å²) in [5.74, 6) is 1.61. The van der Waals surface area contributed by atoms with Crippen molar-refractivity contribution in [2.24, 2.45) is 11.3 Å². The Bertz CT molecular complexity index is 531. The third kappa shape index (κ3) is 4.02. The highest BCUT2D eigenvalue weighted by molar-refractivity contribution is 5.82. The highest BCUT2D eigenvalue weighted by atomic mass is 16.5. The Morgan fingerprint density at radius 1 is 1.18 bits per heavy atom. The summed E-state index contributed by atoms with van der Waals surface area (Å²) < 4.78 is 5.92. The zero-order valence-electron chi connectivity index (χ0n) is 14.8. The van der Waals surface area contributed by atoms with Gasteiger partial charge in [0.2, 0.25) is 5.91 Å². The summed E-state index contributed by atoms with van der Waals surface area (Å²) in [5.41, 5.74) is 1.13. The molecule has 1 aliphatic heterocycles. The molecule has 3 heteroatoms. The normalized spacial score (nSPS) is 16.4. The van der Waals surface area contributed by atoms with Gasteiger partial charge in [-0.2, -0.15) is 0 Å². The zero-order chi connectivity index (χ0) is 16.5. The fourth-order valence-corrected chi connectivity index (χ4v) is 2.58. The molecule has 0 N–H and O–H groups in total. The number of carbonyl (C=O) groups is 1. The molecule has 0 aromatic heterocycles. The molecular formula is C19H29NO2. The van der Waals surface area contributed by atoms with Crippen LogP contribution in [0, 0.1) is 11.3 Å². The number of benzene rings is 1. The van der Waals surface area contributed by atoms with Crippen molar-refractivity contribution in [3.05, 3.63) is 29.8 Å². The Hall–Kier alpha value is -1.51. The average molecular weight is 303 g/mol. The number of carbonyl (C=O) groups excluding carboxylic acids is 1. The van der Waals surface area contributed by atoms with Crippen LogP contribution in [-0.4, -0.2) is 30.5 Å². The lowest BCUT2D eigenvalue weighted by atomic mass is 9.87. The second kappa shape index (κ2) is 5.94. The van der Waals surface area contributed by atoms with Crippen LogP contribution in [-0.2, 0) is 10.2 Å². The molecule has 122 valence electrons. The van der Waals surface area contributed by atoms with Crippen molar-refractivity contribution in [3.63, 3.8) is 0 Å². The monoisotopic (exact) mass is 303 g/mol. The summed E-state index contributed by atoms with van der Waals surface area (Å²) in [5, 5.41) is 0. The van der Waals surface area contributed by atoms with Gasteiger partial charge in [0, 0.05) is 24.4 Å². The van der Waals surface area contributed by atoms with E-state index in [2.05, 4.69) is 32.9 Å². The van der Waals surface area contributed by atoms with E-state index >= 15 is 0 Å². The van der Waals surface area contributed by atoms with E-state index in [1.54, 1.807) is 0 Å². The van der Waals surface area contributed by atoms with Crippen molar-refractivity contribution in [3.8, 4) is 5.75 Å². The van der Waals surface area contributed by atoms with Crippen LogP contribution in [0.1, 0.15) is 47.1 Å². The number of rotatable bonds is 3. The second-order valence-electron chi connectivity index (χ2n) is 8.41. The molecule has 1 heterocycles. The van der Waals surface area contributed by atoms with Crippen molar-refractivity contribution in [2.45, 2.75) is 47.0 Å². The summed E-state index contributed by atoms with van der Waals surface area (Å²) >= 11 is 0. The predicted octanol–water partition coefficient (Wildman–Crippen LogP) is 3.87. The molecule has 1 saturated heterocycles. The number of amides is 1. The van der Waals surface area contributed by atoms with Gasteiger partial charge in [-0.15, -0.1) is 0 Å². The van der Waals surface area contributed by atoms with E-state index in [1.165, 1.54) is 5.56 Å². The molecule has 0 spiro atoms. The van der Waals surface area contributed by atoms with Crippen molar-refractivity contribution in [2.75, 3.05) is 19.7 Å². The van der Waals surface area contributed by atoms with Gasteiger partial charge in [-0.05, 0) is 23.1 Å². The molecule has 1 aromatic rings. The zero-order valence-corrected chi connectivity index (χ0v) is 14.8. The quantitative estimate of drug-likeness (QED) is 0.848. The largest absolute Gasteiger partial charge is 0.493 e. The maximum atomic E-state index is 12.1. The SMILES string of the molecule is CC(C)(C)C(=O)N1CC(COc2cccc(C(C)(C)C)c2)C1. The first-order valence-corrected chi connectivity index (χ1v) is 8.10. The van der Waals surface area contributed by atoms with Crippen LogP contribution in [0.3, 0.4) is 0 Å². The maximum Gasteiger partial charge on any atom is 0.227 e. The van der Waals surface area contributed by atoms with Gasteiger partial charge < -0.3 is 9.64 Å². The Balaban J connectivity index is 1.83. The Morgan fingerprint density at radius 2 is 1.82 bits per heavy atom. The van der Waals surface area contributed by atoms with E-state index in [-0.39, 0.29) is 16.7 Å². The fourth-order valence-electron chi connectivity index (χ4n) is 2.58. The van der Waals surface area contributed by atoms with Crippen molar-refractivity contribution in [1.82, 2.24) is 4.90 Å². The first kappa shape index (κ1) is 16.9. The summed E-state index contributed by atoms with van der Waals surface area (Å²) in [6.07, 6.45) is 0. The third-order valence-corrected chi connectivity index (χ3v) is 4.07. The van der Waals surface area contributed by atoms with Crippen LogP contribution in [0.4, 0.5) is 0 Å². The number of ether oxygens (including phenoxy) is 1. The van der Waals surface area contributed by atoms with Crippen LogP contribution in [0.2, 0.25) is 0 Å². The minimum absolute atomic E-state index is 0.131. The van der Waals surface area contributed by atoms with E-state index in [4.69, 9.17) is 4.74 Å². The van der Waals surface area contributed by atoms with Crippen LogP contribution in [0.25, 0.3) is 0 Å². The molecule has 1 aliphatic rings. The van der Waals surface area contributed by atoms with E-state index in [0.717, 1.165) is 18.8 Å². The van der Waals surface area contributed by atoms with E-state index in [0.29, 0.717) is 12.5 Å². The smallest absolute Gasteiger partial charge is 0.227 e. The van der Waals surface area contributed by atoms with Crippen molar-refractivity contribution in [1.29, 1.82) is 0 Å². The first-order valence-electron chi connectivity index (χ1n) is 8.10. The minimum atomic E-state index is -0.285. The van der Waals surface area contributed by atoms with Crippen molar-refractivity contribution >= 4 is 5.91 Å². The molecule has 0 bridgehead atoms. The van der Waals surface area contributed by atoms with Crippen molar-refractivity contribution < 1.29 is 9.53 Å². The molecule has 1 aromatic carbocycles. The standard InChI is InChI=1S/C19H29NO2/c1-18(2,3)15-8-7-9-16(10-15)22-13-14-11-20(12-14)17(21)19(4,5)6/h7-10,14H,11-13H2,1-6H3. The van der Waals surface area contributed by atoms with E-state index in [9.17, 15) is 4.79 Å². The average Bonchev–Trinajstić information content (AvgIpc) is 2.35. The summed E-state index contributed by atoms with van der Waals surface area (Å²) in [4.78, 5) is 14.0. The number of nitrogens with zero attached hydrogens (tertiary/aromatic N) is 1. The fraction of sp³-hybridized carbons (Fsp3) is 0.632. The van der Waals surface area contributed by atoms with Gasteiger partial charge in [0.05, 0.1) is 6.61 Å². The highest BCUT2D eigenvalue weighted by Gasteiger charge is 2.36. The number of hydrogen-bond acceptors (Lipinski definition) is 2. The van der Waals surface area contributed by atoms with Crippen LogP contribution in [0.15, 0.2) is 24.3 Å². The Morgan fingerprint density at radius 3 is 2.36 bits per heavy atom. The molecule has 0 unspecified atom stereocenters. The number of hydrogen-bond donors (Lipinski definition) is 0. The summed E-state index contributed by atoms with van der Waals surface area (Å²) in [7, 11) is 0. The lowest BCUT2D eigenvalue weighted by molar-refractivity contribution is -0.146. The minimum Gasteiger partial charge on any atom is -0.493 e. The third-order valence-electron chi connectivity index (χ3n) is 4.07. The second-order valence-corrected chi connectivity index (χ2v) is 8.41. The van der Waals surface area contributed by atoms with Crippen LogP contribution >= 0.6 is 0 Å². The topological polar surface area (TPSA) is 29.5 Å². The molecule has 0 saturated carbocycles. The Labute approximate surface area is 134 Å². The number of likely N-dealkylation sites (tertiary alicyclic amines) is 1. The maximum absolute atomic E-state index is 12.1. The molecule has 0 aliphatic carbocycles. The van der Waals surface area contributed by atoms with Gasteiger partial charge in [0.15, 0.2) is 0 Å². The first-order chi connectivity index (χ1) is 10.1. The van der Waals surface area contributed by atoms with Crippen LogP contribution < -0.4 is 4.74 Å². The predicted molar refractivity (Wildman–Crippen MR) is 90.2 cm³/mol. The lowest BCUT2D eigenvalue weighted by Gasteiger charge is -2.42. The van der Waals surface area contributed by atoms with Gasteiger partial charge in [0.25, 0.3) is 0 Å². The van der Waals surface area contributed by atoms with Gasteiger partial charge >= 0.3 is 0 Å². The molecule has 22 heavy (non-hydrogen) atoms. The van der Waals surface area contributed by atoms with Gasteiger partial charge in [-0.3, -0.25) is 4.79 Å². The van der Waals surface area contributed by atoms with Gasteiger partial charge in [0.1, 0.15) is 5.75 Å². The molecule has 0 atom stereocenters. The Kier molecular flexibility index (Phi) is 4.55. The van der Waals surface area contributed by atoms with Crippen LogP contribution in [0.5, 0.6) is 5.75 Å². The summed E-state index contributed by atoms with van der Waals surface area (Å²) in [6.45, 7) is 14.8. The highest BCUT2D eigenvalue weighted by Crippen LogP contribution is 2.27. The van der Waals surface area contributed by atoms with Gasteiger partial charge in [-0.1, -0.05) is 53.7 Å². The van der Waals surface area contributed by atoms with E-state index in [1.807, 2.05) is 37.8 Å². The molecule has 3 nitrogen and oxygen atoms in total. The summed E-state index contributed by atoms with van der Waals surface area (Å²) in [6, 6.07) is 8.31. The lowest BCUT2D eigenvalue weighted by Crippen LogP contribution is -2.55. The van der Waals surface area contributed by atoms with E-state index < -0.39 is 0 Å². The molecule has 1 fully saturated rings. The molecular weight excluding hydrogens is 274 g/mol.